The molecule has 1 aliphatic rings. The van der Waals surface area contributed by atoms with Gasteiger partial charge in [-0.05, 0) is 31.9 Å². The molecule has 0 unspecified atom stereocenters. The van der Waals surface area contributed by atoms with Gasteiger partial charge in [0.1, 0.15) is 0 Å². The number of hydrogen-bond donors (Lipinski definition) is 1. The number of carbonyl (C=O) groups excluding carboxylic acids is 1. The van der Waals surface area contributed by atoms with E-state index in [9.17, 15) is 4.79 Å². The fourth-order valence-electron chi connectivity index (χ4n) is 2.82. The maximum Gasteiger partial charge on any atom is 0.237 e. The highest BCUT2D eigenvalue weighted by Gasteiger charge is 2.25. The van der Waals surface area contributed by atoms with Gasteiger partial charge < -0.3 is 5.32 Å². The molecule has 0 bridgehead atoms. The zero-order valence-electron chi connectivity index (χ0n) is 13.4. The molecule has 1 N–H and O–H groups in total. The van der Waals surface area contributed by atoms with Crippen molar-refractivity contribution in [3.63, 3.8) is 0 Å². The van der Waals surface area contributed by atoms with Crippen molar-refractivity contribution in [2.24, 2.45) is 0 Å². The zero-order valence-corrected chi connectivity index (χ0v) is 13.4. The molecule has 0 aliphatic carbocycles. The van der Waals surface area contributed by atoms with Crippen molar-refractivity contribution in [2.45, 2.75) is 33.4 Å². The summed E-state index contributed by atoms with van der Waals surface area (Å²) in [4.78, 5) is 16.6. The van der Waals surface area contributed by atoms with Crippen LogP contribution in [0, 0.1) is 6.92 Å². The first kappa shape index (κ1) is 16.0. The van der Waals surface area contributed by atoms with Gasteiger partial charge in [-0.1, -0.05) is 24.3 Å². The van der Waals surface area contributed by atoms with Crippen molar-refractivity contribution in [3.8, 4) is 0 Å². The van der Waals surface area contributed by atoms with Crippen LogP contribution in [-0.4, -0.2) is 54.5 Å². The molecule has 4 nitrogen and oxygen atoms in total. The van der Waals surface area contributed by atoms with E-state index < -0.39 is 0 Å². The van der Waals surface area contributed by atoms with E-state index in [1.54, 1.807) is 0 Å². The van der Waals surface area contributed by atoms with Crippen LogP contribution in [0.4, 0.5) is 0 Å². The maximum atomic E-state index is 11.9. The number of nitrogens with zero attached hydrogens (tertiary/aromatic N) is 2. The lowest BCUT2D eigenvalue weighted by Crippen LogP contribution is -2.53. The van der Waals surface area contributed by atoms with E-state index in [2.05, 4.69) is 46.3 Å². The quantitative estimate of drug-likeness (QED) is 0.895. The van der Waals surface area contributed by atoms with Crippen LogP contribution >= 0.6 is 0 Å². The lowest BCUT2D eigenvalue weighted by molar-refractivity contribution is -0.126. The number of aryl methyl sites for hydroxylation is 1. The molecule has 0 saturated carbocycles. The average molecular weight is 289 g/mol. The first-order valence-corrected chi connectivity index (χ1v) is 7.90. The molecule has 0 spiro atoms. The van der Waals surface area contributed by atoms with Gasteiger partial charge >= 0.3 is 0 Å². The summed E-state index contributed by atoms with van der Waals surface area (Å²) in [5.74, 6) is 0.143. The normalized spacial score (nSPS) is 18.4. The van der Waals surface area contributed by atoms with Gasteiger partial charge in [0.15, 0.2) is 0 Å². The second-order valence-electron chi connectivity index (χ2n) is 5.81. The van der Waals surface area contributed by atoms with Gasteiger partial charge in [0.2, 0.25) is 5.91 Å². The number of piperazine rings is 1. The van der Waals surface area contributed by atoms with Crippen molar-refractivity contribution in [1.29, 1.82) is 0 Å². The Hall–Kier alpha value is -1.39. The number of hydrogen-bond acceptors (Lipinski definition) is 3. The SMILES string of the molecule is CCNC(=O)[C@H](C)N1CCN(Cc2ccccc2C)CC1. The molecule has 116 valence electrons. The first-order chi connectivity index (χ1) is 10.1. The molecule has 1 fully saturated rings. The molecule has 0 radical (unpaired) electrons. The Morgan fingerprint density at radius 1 is 1.24 bits per heavy atom. The molecule has 0 aromatic heterocycles. The summed E-state index contributed by atoms with van der Waals surface area (Å²) in [6.45, 7) is 11.8. The largest absolute Gasteiger partial charge is 0.355 e. The molecular formula is C17H27N3O. The number of nitrogens with one attached hydrogen (secondary N) is 1. The fraction of sp³-hybridized carbons (Fsp3) is 0.588. The molecule has 1 aromatic carbocycles. The maximum absolute atomic E-state index is 11.9. The monoisotopic (exact) mass is 289 g/mol. The van der Waals surface area contributed by atoms with Crippen LogP contribution in [0.25, 0.3) is 0 Å². The number of benzene rings is 1. The molecule has 1 atom stereocenters. The average Bonchev–Trinajstić information content (AvgIpc) is 2.50. The third-order valence-electron chi connectivity index (χ3n) is 4.34. The van der Waals surface area contributed by atoms with E-state index in [1.807, 2.05) is 13.8 Å². The van der Waals surface area contributed by atoms with Gasteiger partial charge in [-0.15, -0.1) is 0 Å². The highest BCUT2D eigenvalue weighted by Crippen LogP contribution is 2.13. The third-order valence-corrected chi connectivity index (χ3v) is 4.34. The van der Waals surface area contributed by atoms with Crippen LogP contribution < -0.4 is 5.32 Å². The molecule has 1 heterocycles. The second-order valence-corrected chi connectivity index (χ2v) is 5.81. The van der Waals surface area contributed by atoms with Crippen LogP contribution in [0.2, 0.25) is 0 Å². The number of likely N-dealkylation sites (N-methyl/N-ethyl adjacent to an activating group) is 1. The molecule has 1 aromatic rings. The predicted molar refractivity (Wildman–Crippen MR) is 86.2 cm³/mol. The third kappa shape index (κ3) is 4.29. The molecule has 1 aliphatic heterocycles. The van der Waals surface area contributed by atoms with Crippen LogP contribution in [0.15, 0.2) is 24.3 Å². The van der Waals surface area contributed by atoms with Crippen LogP contribution in [0.1, 0.15) is 25.0 Å². The van der Waals surface area contributed by atoms with E-state index in [0.717, 1.165) is 32.7 Å². The van der Waals surface area contributed by atoms with Crippen molar-refractivity contribution < 1.29 is 4.79 Å². The highest BCUT2D eigenvalue weighted by molar-refractivity contribution is 5.81. The summed E-state index contributed by atoms with van der Waals surface area (Å²) in [7, 11) is 0. The van der Waals surface area contributed by atoms with Crippen molar-refractivity contribution in [1.82, 2.24) is 15.1 Å². The lowest BCUT2D eigenvalue weighted by Gasteiger charge is -2.37. The van der Waals surface area contributed by atoms with Crippen molar-refractivity contribution in [3.05, 3.63) is 35.4 Å². The van der Waals surface area contributed by atoms with Crippen molar-refractivity contribution in [2.75, 3.05) is 32.7 Å². The standard InChI is InChI=1S/C17H27N3O/c1-4-18-17(21)15(3)20-11-9-19(10-12-20)13-16-8-6-5-7-14(16)2/h5-8,15H,4,9-13H2,1-3H3,(H,18,21)/t15-/m0/s1. The second kappa shape index (κ2) is 7.57. The van der Waals surface area contributed by atoms with Crippen LogP contribution in [0.5, 0.6) is 0 Å². The molecule has 4 heteroatoms. The summed E-state index contributed by atoms with van der Waals surface area (Å²) in [5, 5.41) is 2.91. The molecule has 1 saturated heterocycles. The highest BCUT2D eigenvalue weighted by atomic mass is 16.2. The van der Waals surface area contributed by atoms with E-state index in [4.69, 9.17) is 0 Å². The summed E-state index contributed by atoms with van der Waals surface area (Å²) in [5.41, 5.74) is 2.76. The number of rotatable bonds is 5. The lowest BCUT2D eigenvalue weighted by atomic mass is 10.1. The Labute approximate surface area is 128 Å². The molecular weight excluding hydrogens is 262 g/mol. The van der Waals surface area contributed by atoms with E-state index in [0.29, 0.717) is 6.54 Å². The van der Waals surface area contributed by atoms with E-state index in [-0.39, 0.29) is 11.9 Å². The predicted octanol–water partition coefficient (Wildman–Crippen LogP) is 1.64. The Kier molecular flexibility index (Phi) is 5.76. The van der Waals surface area contributed by atoms with Gasteiger partial charge in [-0.25, -0.2) is 0 Å². The minimum absolute atomic E-state index is 0.0226. The van der Waals surface area contributed by atoms with Crippen LogP contribution in [-0.2, 0) is 11.3 Å². The Morgan fingerprint density at radius 2 is 1.90 bits per heavy atom. The van der Waals surface area contributed by atoms with Crippen LogP contribution in [0.3, 0.4) is 0 Å². The summed E-state index contributed by atoms with van der Waals surface area (Å²) in [6.07, 6.45) is 0. The zero-order chi connectivity index (χ0) is 15.2. The first-order valence-electron chi connectivity index (χ1n) is 7.90. The Morgan fingerprint density at radius 3 is 2.52 bits per heavy atom. The fourth-order valence-corrected chi connectivity index (χ4v) is 2.82. The summed E-state index contributed by atoms with van der Waals surface area (Å²) >= 11 is 0. The van der Waals surface area contributed by atoms with Gasteiger partial charge in [-0.2, -0.15) is 0 Å². The Bertz CT molecular complexity index is 467. The molecule has 2 rings (SSSR count). The Balaban J connectivity index is 1.83. The van der Waals surface area contributed by atoms with E-state index >= 15 is 0 Å². The molecule has 1 amide bonds. The number of amides is 1. The molecule has 21 heavy (non-hydrogen) atoms. The topological polar surface area (TPSA) is 35.6 Å². The number of carbonyl (C=O) groups is 1. The van der Waals surface area contributed by atoms with Gasteiger partial charge in [-0.3, -0.25) is 14.6 Å². The summed E-state index contributed by atoms with van der Waals surface area (Å²) in [6, 6.07) is 8.55. The van der Waals surface area contributed by atoms with Crippen molar-refractivity contribution >= 4 is 5.91 Å². The van der Waals surface area contributed by atoms with E-state index in [1.165, 1.54) is 11.1 Å². The summed E-state index contributed by atoms with van der Waals surface area (Å²) < 4.78 is 0. The van der Waals surface area contributed by atoms with Gasteiger partial charge in [0.25, 0.3) is 0 Å². The minimum Gasteiger partial charge on any atom is -0.355 e. The minimum atomic E-state index is -0.0226. The van der Waals surface area contributed by atoms with Gasteiger partial charge in [0.05, 0.1) is 6.04 Å². The van der Waals surface area contributed by atoms with Gasteiger partial charge in [0, 0.05) is 39.3 Å². The smallest absolute Gasteiger partial charge is 0.237 e.